The number of ether oxygens (including phenoxy) is 1. The first-order chi connectivity index (χ1) is 12.9. The van der Waals surface area contributed by atoms with Crippen LogP contribution in [0.15, 0.2) is 51.8 Å². The van der Waals surface area contributed by atoms with Crippen LogP contribution in [0.3, 0.4) is 0 Å². The monoisotopic (exact) mass is 450 g/mol. The van der Waals surface area contributed by atoms with Gasteiger partial charge in [-0.05, 0) is 42.5 Å². The van der Waals surface area contributed by atoms with Crippen molar-refractivity contribution in [3.05, 3.63) is 58.1 Å². The molecule has 2 aromatic carbocycles. The van der Waals surface area contributed by atoms with E-state index in [0.29, 0.717) is 26.3 Å². The number of fused-ring (bicyclic) bond motifs is 1. The summed E-state index contributed by atoms with van der Waals surface area (Å²) in [5.41, 5.74) is 0.557. The van der Waals surface area contributed by atoms with Gasteiger partial charge in [-0.2, -0.15) is 4.31 Å². The molecule has 27 heavy (non-hydrogen) atoms. The number of carbonyl (C=O) groups is 2. The Morgan fingerprint density at radius 3 is 2.37 bits per heavy atom. The number of sulfonamides is 1. The highest BCUT2D eigenvalue weighted by molar-refractivity contribution is 9.10. The van der Waals surface area contributed by atoms with Gasteiger partial charge < -0.3 is 9.64 Å². The molecule has 7 nitrogen and oxygen atoms in total. The summed E-state index contributed by atoms with van der Waals surface area (Å²) in [5, 5.41) is 0. The number of benzene rings is 2. The molecule has 2 amide bonds. The van der Waals surface area contributed by atoms with Gasteiger partial charge in [0, 0.05) is 23.1 Å². The van der Waals surface area contributed by atoms with E-state index in [-0.39, 0.29) is 27.6 Å². The number of halogens is 1. The molecule has 2 heterocycles. The SMILES string of the molecule is O=C(c1ccc2c(c1)S(=O)(=O)N(c1ccc(Br)cc1)C2=O)N1CCOCC1. The third-order valence-corrected chi connectivity index (χ3v) is 6.80. The molecule has 0 radical (unpaired) electrons. The van der Waals surface area contributed by atoms with E-state index in [9.17, 15) is 18.0 Å². The number of anilines is 1. The second kappa shape index (κ2) is 6.74. The predicted molar refractivity (Wildman–Crippen MR) is 101 cm³/mol. The van der Waals surface area contributed by atoms with Crippen molar-refractivity contribution in [3.8, 4) is 0 Å². The Labute approximate surface area is 164 Å². The van der Waals surface area contributed by atoms with E-state index in [4.69, 9.17) is 4.74 Å². The standard InChI is InChI=1S/C18H15BrN2O5S/c19-13-2-4-14(5-3-13)21-18(23)15-6-1-12(11-16(15)27(21,24)25)17(22)20-7-9-26-10-8-20/h1-6,11H,7-10H2. The number of hydrogen-bond acceptors (Lipinski definition) is 5. The molecular weight excluding hydrogens is 436 g/mol. The van der Waals surface area contributed by atoms with Crippen LogP contribution in [-0.4, -0.2) is 51.4 Å². The summed E-state index contributed by atoms with van der Waals surface area (Å²) in [6, 6.07) is 10.6. The fourth-order valence-corrected chi connectivity index (χ4v) is 5.03. The molecule has 9 heteroatoms. The normalized spacial score (nSPS) is 18.5. The van der Waals surface area contributed by atoms with E-state index in [0.717, 1.165) is 8.78 Å². The summed E-state index contributed by atoms with van der Waals surface area (Å²) >= 11 is 3.29. The lowest BCUT2D eigenvalue weighted by molar-refractivity contribution is 0.0302. The van der Waals surface area contributed by atoms with Crippen molar-refractivity contribution in [1.29, 1.82) is 0 Å². The van der Waals surface area contributed by atoms with Gasteiger partial charge in [-0.1, -0.05) is 15.9 Å². The van der Waals surface area contributed by atoms with Crippen molar-refractivity contribution in [2.45, 2.75) is 4.90 Å². The lowest BCUT2D eigenvalue weighted by Crippen LogP contribution is -2.40. The molecule has 2 aliphatic heterocycles. The molecule has 0 atom stereocenters. The molecule has 0 aliphatic carbocycles. The highest BCUT2D eigenvalue weighted by Crippen LogP contribution is 2.35. The first-order valence-corrected chi connectivity index (χ1v) is 10.5. The van der Waals surface area contributed by atoms with E-state index in [1.165, 1.54) is 18.2 Å². The fraction of sp³-hybridized carbons (Fsp3) is 0.222. The first-order valence-electron chi connectivity index (χ1n) is 8.26. The third-order valence-electron chi connectivity index (χ3n) is 4.52. The maximum atomic E-state index is 13.0. The second-order valence-corrected chi connectivity index (χ2v) is 8.84. The molecule has 1 fully saturated rings. The molecule has 2 aliphatic rings. The van der Waals surface area contributed by atoms with Crippen molar-refractivity contribution in [3.63, 3.8) is 0 Å². The van der Waals surface area contributed by atoms with Crippen LogP contribution in [0.25, 0.3) is 0 Å². The van der Waals surface area contributed by atoms with Gasteiger partial charge in [0.05, 0.1) is 24.5 Å². The molecule has 2 aromatic rings. The van der Waals surface area contributed by atoms with Crippen LogP contribution in [0.4, 0.5) is 5.69 Å². The van der Waals surface area contributed by atoms with E-state index in [1.54, 1.807) is 29.2 Å². The number of rotatable bonds is 2. The van der Waals surface area contributed by atoms with Gasteiger partial charge in [0.1, 0.15) is 4.90 Å². The number of morpholine rings is 1. The number of hydrogen-bond donors (Lipinski definition) is 0. The van der Waals surface area contributed by atoms with Gasteiger partial charge in [-0.3, -0.25) is 9.59 Å². The Morgan fingerprint density at radius 2 is 1.70 bits per heavy atom. The molecule has 0 spiro atoms. The average molecular weight is 451 g/mol. The minimum Gasteiger partial charge on any atom is -0.378 e. The zero-order valence-electron chi connectivity index (χ0n) is 14.1. The van der Waals surface area contributed by atoms with Gasteiger partial charge in [0.25, 0.3) is 21.8 Å². The lowest BCUT2D eigenvalue weighted by Gasteiger charge is -2.26. The minimum absolute atomic E-state index is 0.0662. The van der Waals surface area contributed by atoms with E-state index < -0.39 is 15.9 Å². The highest BCUT2D eigenvalue weighted by Gasteiger charge is 2.42. The summed E-state index contributed by atoms with van der Waals surface area (Å²) in [5.74, 6) is -0.900. The zero-order chi connectivity index (χ0) is 19.2. The molecular formula is C18H15BrN2O5S. The van der Waals surface area contributed by atoms with Crippen LogP contribution < -0.4 is 4.31 Å². The molecule has 140 valence electrons. The summed E-state index contributed by atoms with van der Waals surface area (Å²) in [6.45, 7) is 1.80. The quantitative estimate of drug-likeness (QED) is 0.700. The Hall–Kier alpha value is -2.23. The summed E-state index contributed by atoms with van der Waals surface area (Å²) in [4.78, 5) is 26.8. The van der Waals surface area contributed by atoms with Gasteiger partial charge in [-0.15, -0.1) is 0 Å². The maximum Gasteiger partial charge on any atom is 0.273 e. The Balaban J connectivity index is 1.73. The number of nitrogens with zero attached hydrogens (tertiary/aromatic N) is 2. The highest BCUT2D eigenvalue weighted by atomic mass is 79.9. The Bertz CT molecular complexity index is 1030. The molecule has 1 saturated heterocycles. The fourth-order valence-electron chi connectivity index (χ4n) is 3.14. The van der Waals surface area contributed by atoms with Gasteiger partial charge in [0.2, 0.25) is 0 Å². The lowest BCUT2D eigenvalue weighted by atomic mass is 10.1. The van der Waals surface area contributed by atoms with Gasteiger partial charge in [0.15, 0.2) is 0 Å². The molecule has 0 unspecified atom stereocenters. The van der Waals surface area contributed by atoms with Crippen LogP contribution in [0, 0.1) is 0 Å². The second-order valence-electron chi connectivity index (χ2n) is 6.17. The van der Waals surface area contributed by atoms with Crippen LogP contribution in [0.5, 0.6) is 0 Å². The predicted octanol–water partition coefficient (Wildman–Crippen LogP) is 2.27. The van der Waals surface area contributed by atoms with Gasteiger partial charge >= 0.3 is 0 Å². The summed E-state index contributed by atoms with van der Waals surface area (Å²) in [6.07, 6.45) is 0. The average Bonchev–Trinajstić information content (AvgIpc) is 2.88. The number of amides is 2. The first kappa shape index (κ1) is 18.1. The van der Waals surface area contributed by atoms with Crippen molar-refractivity contribution in [2.24, 2.45) is 0 Å². The molecule has 0 saturated carbocycles. The molecule has 4 rings (SSSR count). The van der Waals surface area contributed by atoms with Crippen LogP contribution in [0.2, 0.25) is 0 Å². The Morgan fingerprint density at radius 1 is 1.04 bits per heavy atom. The largest absolute Gasteiger partial charge is 0.378 e. The number of carbonyl (C=O) groups excluding carboxylic acids is 2. The van der Waals surface area contributed by atoms with Crippen LogP contribution >= 0.6 is 15.9 Å². The van der Waals surface area contributed by atoms with Crippen molar-refractivity contribution >= 4 is 43.5 Å². The summed E-state index contributed by atoms with van der Waals surface area (Å²) < 4.78 is 32.7. The third kappa shape index (κ3) is 3.05. The van der Waals surface area contributed by atoms with E-state index in [2.05, 4.69) is 15.9 Å². The zero-order valence-corrected chi connectivity index (χ0v) is 16.5. The van der Waals surface area contributed by atoms with E-state index >= 15 is 0 Å². The molecule has 0 N–H and O–H groups in total. The van der Waals surface area contributed by atoms with Crippen molar-refractivity contribution in [1.82, 2.24) is 4.90 Å². The minimum atomic E-state index is -4.08. The van der Waals surface area contributed by atoms with Crippen molar-refractivity contribution < 1.29 is 22.7 Å². The summed E-state index contributed by atoms with van der Waals surface area (Å²) in [7, 11) is -4.08. The van der Waals surface area contributed by atoms with Gasteiger partial charge in [-0.25, -0.2) is 8.42 Å². The van der Waals surface area contributed by atoms with Crippen LogP contribution in [-0.2, 0) is 14.8 Å². The Kier molecular flexibility index (Phi) is 4.53. The van der Waals surface area contributed by atoms with E-state index in [1.807, 2.05) is 0 Å². The molecule has 0 bridgehead atoms. The molecule has 0 aromatic heterocycles. The van der Waals surface area contributed by atoms with Crippen molar-refractivity contribution in [2.75, 3.05) is 30.6 Å². The smallest absolute Gasteiger partial charge is 0.273 e. The van der Waals surface area contributed by atoms with Crippen LogP contribution in [0.1, 0.15) is 20.7 Å². The topological polar surface area (TPSA) is 84.0 Å². The maximum absolute atomic E-state index is 13.0.